The van der Waals surface area contributed by atoms with Gasteiger partial charge in [-0.1, -0.05) is 25.6 Å². The van der Waals surface area contributed by atoms with E-state index in [0.717, 1.165) is 5.56 Å². The van der Waals surface area contributed by atoms with Crippen LogP contribution in [0.4, 0.5) is 5.69 Å². The fourth-order valence-corrected chi connectivity index (χ4v) is 2.59. The molecule has 2 N–H and O–H groups in total. The first kappa shape index (κ1) is 16.7. The number of nitrogens with zero attached hydrogens (tertiary/aromatic N) is 1. The molecule has 0 saturated carbocycles. The van der Waals surface area contributed by atoms with Crippen LogP contribution in [-0.4, -0.2) is 41.8 Å². The molecule has 1 unspecified atom stereocenters. The van der Waals surface area contributed by atoms with Crippen LogP contribution in [0.2, 0.25) is 0 Å². The number of nitrogens with one attached hydrogen (secondary N) is 2. The molecule has 1 saturated heterocycles. The minimum atomic E-state index is -0.387. The largest absolute Gasteiger partial charge is 0.353 e. The number of rotatable bonds is 5. The molecule has 1 fully saturated rings. The molecular formula is C17H21N3O3. The molecule has 1 aromatic rings. The molecule has 1 atom stereocenters. The van der Waals surface area contributed by atoms with E-state index >= 15 is 0 Å². The van der Waals surface area contributed by atoms with Crippen molar-refractivity contribution in [1.29, 1.82) is 0 Å². The summed E-state index contributed by atoms with van der Waals surface area (Å²) in [6, 6.07) is 6.68. The quantitative estimate of drug-likeness (QED) is 0.798. The van der Waals surface area contributed by atoms with Crippen molar-refractivity contribution in [2.75, 3.05) is 18.4 Å². The standard InChI is InChI=1S/C17H21N3O3/c1-3-14-17(23)18-9-10-20(14)16(22)11-12-5-7-13(8-6-12)19-15(21)4-2/h4-8,14H,2-3,9-11H2,1H3,(H,18,23)(H,19,21). The van der Waals surface area contributed by atoms with Gasteiger partial charge in [0.15, 0.2) is 0 Å². The van der Waals surface area contributed by atoms with E-state index in [9.17, 15) is 14.4 Å². The van der Waals surface area contributed by atoms with E-state index in [1.54, 1.807) is 29.2 Å². The van der Waals surface area contributed by atoms with Crippen LogP contribution in [0.3, 0.4) is 0 Å². The van der Waals surface area contributed by atoms with Gasteiger partial charge in [-0.15, -0.1) is 0 Å². The van der Waals surface area contributed by atoms with E-state index in [4.69, 9.17) is 0 Å². The Morgan fingerprint density at radius 3 is 2.70 bits per heavy atom. The molecule has 6 nitrogen and oxygen atoms in total. The maximum absolute atomic E-state index is 12.5. The SMILES string of the molecule is C=CC(=O)Nc1ccc(CC(=O)N2CCNC(=O)C2CC)cc1. The highest BCUT2D eigenvalue weighted by molar-refractivity contribution is 5.98. The van der Waals surface area contributed by atoms with Gasteiger partial charge in [0.25, 0.3) is 0 Å². The normalized spacial score (nSPS) is 17.3. The lowest BCUT2D eigenvalue weighted by Crippen LogP contribution is -2.57. The molecule has 0 spiro atoms. The summed E-state index contributed by atoms with van der Waals surface area (Å²) in [5.74, 6) is -0.428. The van der Waals surface area contributed by atoms with Crippen LogP contribution in [0.25, 0.3) is 0 Å². The minimum Gasteiger partial charge on any atom is -0.353 e. The average Bonchev–Trinajstić information content (AvgIpc) is 2.56. The molecule has 122 valence electrons. The molecule has 0 bridgehead atoms. The molecular weight excluding hydrogens is 294 g/mol. The Balaban J connectivity index is 2.00. The van der Waals surface area contributed by atoms with E-state index in [2.05, 4.69) is 17.2 Å². The third-order valence-electron chi connectivity index (χ3n) is 3.80. The van der Waals surface area contributed by atoms with E-state index in [-0.39, 0.29) is 30.2 Å². The predicted molar refractivity (Wildman–Crippen MR) is 87.8 cm³/mol. The van der Waals surface area contributed by atoms with Crippen LogP contribution in [0, 0.1) is 0 Å². The zero-order valence-electron chi connectivity index (χ0n) is 13.2. The highest BCUT2D eigenvalue weighted by Crippen LogP contribution is 2.14. The number of carbonyl (C=O) groups excluding carboxylic acids is 3. The fraction of sp³-hybridized carbons (Fsp3) is 0.353. The summed E-state index contributed by atoms with van der Waals surface area (Å²) < 4.78 is 0. The zero-order chi connectivity index (χ0) is 16.8. The molecule has 1 aliphatic rings. The van der Waals surface area contributed by atoms with Crippen molar-refractivity contribution in [2.24, 2.45) is 0 Å². The number of benzene rings is 1. The predicted octanol–water partition coefficient (Wildman–Crippen LogP) is 1.09. The first-order valence-corrected chi connectivity index (χ1v) is 7.64. The van der Waals surface area contributed by atoms with Crippen molar-refractivity contribution in [3.05, 3.63) is 42.5 Å². The van der Waals surface area contributed by atoms with Crippen molar-refractivity contribution in [1.82, 2.24) is 10.2 Å². The molecule has 0 aliphatic carbocycles. The summed E-state index contributed by atoms with van der Waals surface area (Å²) in [7, 11) is 0. The van der Waals surface area contributed by atoms with Gasteiger partial charge in [-0.3, -0.25) is 14.4 Å². The number of carbonyl (C=O) groups is 3. The van der Waals surface area contributed by atoms with Gasteiger partial charge in [-0.05, 0) is 30.2 Å². The first-order chi connectivity index (χ1) is 11.0. The van der Waals surface area contributed by atoms with Crippen molar-refractivity contribution in [2.45, 2.75) is 25.8 Å². The van der Waals surface area contributed by atoms with Crippen molar-refractivity contribution in [3.63, 3.8) is 0 Å². The third-order valence-corrected chi connectivity index (χ3v) is 3.80. The number of amides is 3. The Kier molecular flexibility index (Phi) is 5.51. The number of hydrogen-bond donors (Lipinski definition) is 2. The molecule has 1 heterocycles. The highest BCUT2D eigenvalue weighted by atomic mass is 16.2. The molecule has 1 aromatic carbocycles. The van der Waals surface area contributed by atoms with E-state index in [1.165, 1.54) is 6.08 Å². The van der Waals surface area contributed by atoms with Crippen LogP contribution in [-0.2, 0) is 20.8 Å². The molecule has 6 heteroatoms. The molecule has 23 heavy (non-hydrogen) atoms. The van der Waals surface area contributed by atoms with Gasteiger partial charge in [0.2, 0.25) is 17.7 Å². The molecule has 0 aromatic heterocycles. The van der Waals surface area contributed by atoms with Gasteiger partial charge in [0.05, 0.1) is 6.42 Å². The maximum Gasteiger partial charge on any atom is 0.247 e. The van der Waals surface area contributed by atoms with E-state index in [1.807, 2.05) is 6.92 Å². The van der Waals surface area contributed by atoms with Gasteiger partial charge in [0, 0.05) is 18.8 Å². The lowest BCUT2D eigenvalue weighted by atomic mass is 10.1. The summed E-state index contributed by atoms with van der Waals surface area (Å²) in [5.41, 5.74) is 1.49. The smallest absolute Gasteiger partial charge is 0.247 e. The Hall–Kier alpha value is -2.63. The Morgan fingerprint density at radius 1 is 1.39 bits per heavy atom. The maximum atomic E-state index is 12.5. The fourth-order valence-electron chi connectivity index (χ4n) is 2.59. The van der Waals surface area contributed by atoms with Gasteiger partial charge in [-0.25, -0.2) is 0 Å². The summed E-state index contributed by atoms with van der Waals surface area (Å²) >= 11 is 0. The number of hydrogen-bond acceptors (Lipinski definition) is 3. The number of piperazine rings is 1. The molecule has 0 radical (unpaired) electrons. The van der Waals surface area contributed by atoms with Crippen LogP contribution >= 0.6 is 0 Å². The Morgan fingerprint density at radius 2 is 2.09 bits per heavy atom. The van der Waals surface area contributed by atoms with Crippen molar-refractivity contribution < 1.29 is 14.4 Å². The minimum absolute atomic E-state index is 0.0606. The van der Waals surface area contributed by atoms with Gasteiger partial charge >= 0.3 is 0 Å². The Bertz CT molecular complexity index is 610. The summed E-state index contributed by atoms with van der Waals surface area (Å²) in [5, 5.41) is 5.43. The van der Waals surface area contributed by atoms with Crippen LogP contribution < -0.4 is 10.6 Å². The monoisotopic (exact) mass is 315 g/mol. The molecule has 3 amide bonds. The molecule has 1 aliphatic heterocycles. The first-order valence-electron chi connectivity index (χ1n) is 7.64. The average molecular weight is 315 g/mol. The highest BCUT2D eigenvalue weighted by Gasteiger charge is 2.31. The van der Waals surface area contributed by atoms with Gasteiger partial charge < -0.3 is 15.5 Å². The third kappa shape index (κ3) is 4.18. The lowest BCUT2D eigenvalue weighted by Gasteiger charge is -2.34. The van der Waals surface area contributed by atoms with Gasteiger partial charge in [0.1, 0.15) is 6.04 Å². The summed E-state index contributed by atoms with van der Waals surface area (Å²) in [6.45, 7) is 6.32. The molecule has 2 rings (SSSR count). The summed E-state index contributed by atoms with van der Waals surface area (Å²) in [6.07, 6.45) is 2.04. The second kappa shape index (κ2) is 7.58. The van der Waals surface area contributed by atoms with Crippen molar-refractivity contribution >= 4 is 23.4 Å². The van der Waals surface area contributed by atoms with Crippen LogP contribution in [0.5, 0.6) is 0 Å². The second-order valence-corrected chi connectivity index (χ2v) is 5.37. The van der Waals surface area contributed by atoms with E-state index < -0.39 is 0 Å². The van der Waals surface area contributed by atoms with Crippen LogP contribution in [0.1, 0.15) is 18.9 Å². The van der Waals surface area contributed by atoms with Gasteiger partial charge in [-0.2, -0.15) is 0 Å². The van der Waals surface area contributed by atoms with E-state index in [0.29, 0.717) is 25.2 Å². The summed E-state index contributed by atoms with van der Waals surface area (Å²) in [4.78, 5) is 37.1. The zero-order valence-corrected chi connectivity index (χ0v) is 13.2. The lowest BCUT2D eigenvalue weighted by molar-refractivity contribution is -0.142. The second-order valence-electron chi connectivity index (χ2n) is 5.37. The topological polar surface area (TPSA) is 78.5 Å². The Labute approximate surface area is 135 Å². The van der Waals surface area contributed by atoms with Crippen molar-refractivity contribution in [3.8, 4) is 0 Å². The van der Waals surface area contributed by atoms with Crippen LogP contribution in [0.15, 0.2) is 36.9 Å². The number of anilines is 1.